The zero-order valence-electron chi connectivity index (χ0n) is 15.2. The Kier molecular flexibility index (Phi) is 5.31. The number of anilines is 1. The molecule has 29 heavy (non-hydrogen) atoms. The van der Waals surface area contributed by atoms with Crippen LogP contribution in [0.2, 0.25) is 5.02 Å². The number of halogens is 4. The van der Waals surface area contributed by atoms with E-state index in [1.54, 1.807) is 23.0 Å². The standard InChI is InChI=1S/C19H17ClF3N5O/c20-14-7-13(21)4-3-12(14)9-27-6-5-17(26-27)24-18(29)10-28-16(11-1-2-11)8-15(25-28)19(22)23/h3-8,11,19H,1-2,9-10H2,(H,24,26,29). The summed E-state index contributed by atoms with van der Waals surface area (Å²) in [6.45, 7) is 0.132. The summed E-state index contributed by atoms with van der Waals surface area (Å²) in [6.07, 6.45) is 0.790. The minimum Gasteiger partial charge on any atom is -0.308 e. The smallest absolute Gasteiger partial charge is 0.282 e. The third-order valence-electron chi connectivity index (χ3n) is 4.60. The summed E-state index contributed by atoms with van der Waals surface area (Å²) in [5.74, 6) is -0.350. The summed E-state index contributed by atoms with van der Waals surface area (Å²) >= 11 is 6.02. The van der Waals surface area contributed by atoms with Crippen molar-refractivity contribution in [2.45, 2.75) is 38.3 Å². The second-order valence-corrected chi connectivity index (χ2v) is 7.32. The highest BCUT2D eigenvalue weighted by Gasteiger charge is 2.30. The SMILES string of the molecule is O=C(Cn1nc(C(F)F)cc1C1CC1)Nc1ccn(Cc2ccc(F)cc2Cl)n1. The van der Waals surface area contributed by atoms with Gasteiger partial charge < -0.3 is 5.32 Å². The van der Waals surface area contributed by atoms with Crippen LogP contribution < -0.4 is 5.32 Å². The van der Waals surface area contributed by atoms with Gasteiger partial charge in [0.25, 0.3) is 6.43 Å². The van der Waals surface area contributed by atoms with Gasteiger partial charge in [0.05, 0.1) is 6.54 Å². The Balaban J connectivity index is 1.41. The molecule has 1 amide bonds. The molecule has 0 radical (unpaired) electrons. The summed E-state index contributed by atoms with van der Waals surface area (Å²) in [5, 5.41) is 11.0. The van der Waals surface area contributed by atoms with Gasteiger partial charge in [-0.2, -0.15) is 10.2 Å². The minimum atomic E-state index is -2.68. The molecule has 1 saturated carbocycles. The number of carbonyl (C=O) groups excluding carboxylic acids is 1. The van der Waals surface area contributed by atoms with Gasteiger partial charge in [-0.05, 0) is 36.6 Å². The number of alkyl halides is 2. The van der Waals surface area contributed by atoms with Crippen LogP contribution in [0, 0.1) is 5.82 Å². The molecule has 1 aromatic carbocycles. The van der Waals surface area contributed by atoms with Crippen molar-refractivity contribution in [3.05, 3.63) is 64.3 Å². The van der Waals surface area contributed by atoms with E-state index in [0.29, 0.717) is 23.6 Å². The van der Waals surface area contributed by atoms with Crippen molar-refractivity contribution in [2.24, 2.45) is 0 Å². The Labute approximate surface area is 169 Å². The highest BCUT2D eigenvalue weighted by atomic mass is 35.5. The molecule has 10 heteroatoms. The van der Waals surface area contributed by atoms with Crippen molar-refractivity contribution in [2.75, 3.05) is 5.32 Å². The third-order valence-corrected chi connectivity index (χ3v) is 4.95. The maximum atomic E-state index is 13.1. The number of nitrogens with zero attached hydrogens (tertiary/aromatic N) is 4. The Hall–Kier alpha value is -2.81. The van der Waals surface area contributed by atoms with Crippen molar-refractivity contribution < 1.29 is 18.0 Å². The molecule has 2 aromatic heterocycles. The fraction of sp³-hybridized carbons (Fsp3) is 0.316. The first-order valence-electron chi connectivity index (χ1n) is 9.02. The Bertz CT molecular complexity index is 1040. The lowest BCUT2D eigenvalue weighted by Crippen LogP contribution is -2.21. The molecular weight excluding hydrogens is 407 g/mol. The van der Waals surface area contributed by atoms with E-state index in [-0.39, 0.29) is 23.2 Å². The zero-order chi connectivity index (χ0) is 20.5. The van der Waals surface area contributed by atoms with Gasteiger partial charge in [0.15, 0.2) is 5.82 Å². The normalized spacial score (nSPS) is 13.8. The van der Waals surface area contributed by atoms with Crippen molar-refractivity contribution in [3.63, 3.8) is 0 Å². The lowest BCUT2D eigenvalue weighted by atomic mass is 10.2. The van der Waals surface area contributed by atoms with E-state index in [2.05, 4.69) is 15.5 Å². The number of carbonyl (C=O) groups is 1. The van der Waals surface area contributed by atoms with Crippen LogP contribution >= 0.6 is 11.6 Å². The van der Waals surface area contributed by atoms with Crippen molar-refractivity contribution in [1.29, 1.82) is 0 Å². The van der Waals surface area contributed by atoms with E-state index in [0.717, 1.165) is 12.8 Å². The highest BCUT2D eigenvalue weighted by Crippen LogP contribution is 2.41. The van der Waals surface area contributed by atoms with Gasteiger partial charge in [0.2, 0.25) is 5.91 Å². The Morgan fingerprint density at radius 3 is 2.72 bits per heavy atom. The molecule has 0 aliphatic heterocycles. The summed E-state index contributed by atoms with van der Waals surface area (Å²) in [4.78, 5) is 12.3. The van der Waals surface area contributed by atoms with E-state index >= 15 is 0 Å². The highest BCUT2D eigenvalue weighted by molar-refractivity contribution is 6.31. The molecular formula is C19H17ClF3N5O. The molecule has 0 unspecified atom stereocenters. The van der Waals surface area contributed by atoms with Crippen molar-refractivity contribution >= 4 is 23.3 Å². The van der Waals surface area contributed by atoms with E-state index in [9.17, 15) is 18.0 Å². The van der Waals surface area contributed by atoms with Crippen LogP contribution in [0.4, 0.5) is 19.0 Å². The molecule has 1 aliphatic rings. The summed E-state index contributed by atoms with van der Waals surface area (Å²) in [6, 6.07) is 7.07. The number of benzene rings is 1. The largest absolute Gasteiger partial charge is 0.308 e. The first-order chi connectivity index (χ1) is 13.9. The second kappa shape index (κ2) is 7.90. The molecule has 3 aromatic rings. The maximum absolute atomic E-state index is 13.1. The zero-order valence-corrected chi connectivity index (χ0v) is 15.9. The molecule has 1 fully saturated rings. The molecule has 2 heterocycles. The van der Waals surface area contributed by atoms with Gasteiger partial charge in [-0.1, -0.05) is 17.7 Å². The van der Waals surface area contributed by atoms with Crippen molar-refractivity contribution in [1.82, 2.24) is 19.6 Å². The van der Waals surface area contributed by atoms with Crippen LogP contribution in [0.5, 0.6) is 0 Å². The average Bonchev–Trinajstić information content (AvgIpc) is 3.27. The van der Waals surface area contributed by atoms with Gasteiger partial charge in [-0.25, -0.2) is 13.2 Å². The van der Waals surface area contributed by atoms with Crippen LogP contribution in [0.1, 0.15) is 42.1 Å². The average molecular weight is 424 g/mol. The number of hydrogen-bond acceptors (Lipinski definition) is 3. The summed E-state index contributed by atoms with van der Waals surface area (Å²) in [7, 11) is 0. The molecule has 0 bridgehead atoms. The fourth-order valence-electron chi connectivity index (χ4n) is 3.05. The van der Waals surface area contributed by atoms with E-state index < -0.39 is 18.1 Å². The van der Waals surface area contributed by atoms with Crippen LogP contribution in [0.25, 0.3) is 0 Å². The summed E-state index contributed by atoms with van der Waals surface area (Å²) in [5.41, 5.74) is 1.02. The molecule has 0 atom stereocenters. The van der Waals surface area contributed by atoms with Crippen LogP contribution in [-0.4, -0.2) is 25.5 Å². The first kappa shape index (κ1) is 19.5. The predicted molar refractivity (Wildman–Crippen MR) is 101 cm³/mol. The Morgan fingerprint density at radius 1 is 1.24 bits per heavy atom. The van der Waals surface area contributed by atoms with Gasteiger partial charge in [0.1, 0.15) is 18.1 Å². The first-order valence-corrected chi connectivity index (χ1v) is 9.40. The van der Waals surface area contributed by atoms with Gasteiger partial charge in [-0.15, -0.1) is 0 Å². The number of hydrogen-bond donors (Lipinski definition) is 1. The molecule has 0 saturated heterocycles. The lowest BCUT2D eigenvalue weighted by Gasteiger charge is -2.07. The summed E-state index contributed by atoms with van der Waals surface area (Å²) < 4.78 is 41.9. The molecule has 152 valence electrons. The molecule has 0 spiro atoms. The Morgan fingerprint density at radius 2 is 2.03 bits per heavy atom. The van der Waals surface area contributed by atoms with E-state index in [1.807, 2.05) is 0 Å². The second-order valence-electron chi connectivity index (χ2n) is 6.91. The predicted octanol–water partition coefficient (Wildman–Crippen LogP) is 4.37. The van der Waals surface area contributed by atoms with E-state index in [1.165, 1.54) is 22.9 Å². The van der Waals surface area contributed by atoms with Gasteiger partial charge >= 0.3 is 0 Å². The minimum absolute atomic E-state index is 0.171. The molecule has 4 rings (SSSR count). The maximum Gasteiger partial charge on any atom is 0.282 e. The number of rotatable bonds is 7. The fourth-order valence-corrected chi connectivity index (χ4v) is 3.28. The topological polar surface area (TPSA) is 64.7 Å². The quantitative estimate of drug-likeness (QED) is 0.613. The number of aromatic nitrogens is 4. The number of nitrogens with one attached hydrogen (secondary N) is 1. The molecule has 1 N–H and O–H groups in total. The van der Waals surface area contributed by atoms with Crippen molar-refractivity contribution in [3.8, 4) is 0 Å². The number of amides is 1. The molecule has 1 aliphatic carbocycles. The van der Waals surface area contributed by atoms with Gasteiger partial charge in [-0.3, -0.25) is 14.2 Å². The van der Waals surface area contributed by atoms with E-state index in [4.69, 9.17) is 11.6 Å². The van der Waals surface area contributed by atoms with Crippen LogP contribution in [0.3, 0.4) is 0 Å². The monoisotopic (exact) mass is 423 g/mol. The molecule has 6 nitrogen and oxygen atoms in total. The van der Waals surface area contributed by atoms with Crippen LogP contribution in [-0.2, 0) is 17.9 Å². The van der Waals surface area contributed by atoms with Crippen LogP contribution in [0.15, 0.2) is 36.5 Å². The van der Waals surface area contributed by atoms with Gasteiger partial charge in [0, 0.05) is 28.9 Å². The lowest BCUT2D eigenvalue weighted by molar-refractivity contribution is -0.117. The third kappa shape index (κ3) is 4.61.